The quantitative estimate of drug-likeness (QED) is 0.716. The minimum Gasteiger partial charge on any atom is -0.344 e. The number of nitrogens with one attached hydrogen (secondary N) is 1. The third-order valence-electron chi connectivity index (χ3n) is 3.16. The number of nitrogens with two attached hydrogens (primary N) is 1. The highest BCUT2D eigenvalue weighted by molar-refractivity contribution is 5.90. The summed E-state index contributed by atoms with van der Waals surface area (Å²) in [5, 5.41) is 2.71. The predicted molar refractivity (Wildman–Crippen MR) is 66.3 cm³/mol. The second-order valence-electron chi connectivity index (χ2n) is 5.38. The first-order chi connectivity index (χ1) is 7.89. The SMILES string of the molecule is CCN(CC(C)(C)CN)C(=O)[C@H]1CCC(=O)N1. The maximum atomic E-state index is 12.2. The van der Waals surface area contributed by atoms with Crippen molar-refractivity contribution in [2.24, 2.45) is 11.1 Å². The number of amides is 2. The molecule has 3 N–H and O–H groups in total. The minimum atomic E-state index is -0.337. The molecule has 0 aromatic heterocycles. The van der Waals surface area contributed by atoms with Gasteiger partial charge in [-0.3, -0.25) is 9.59 Å². The van der Waals surface area contributed by atoms with Crippen LogP contribution in [0.25, 0.3) is 0 Å². The molecule has 0 aromatic carbocycles. The molecule has 98 valence electrons. The molecule has 1 aliphatic rings. The van der Waals surface area contributed by atoms with Gasteiger partial charge in [-0.1, -0.05) is 13.8 Å². The average Bonchev–Trinajstić information content (AvgIpc) is 2.72. The summed E-state index contributed by atoms with van der Waals surface area (Å²) in [6.45, 7) is 7.83. The Morgan fingerprint density at radius 3 is 2.65 bits per heavy atom. The highest BCUT2D eigenvalue weighted by Gasteiger charge is 2.32. The van der Waals surface area contributed by atoms with Crippen molar-refractivity contribution >= 4 is 11.8 Å². The molecular formula is C12H23N3O2. The van der Waals surface area contributed by atoms with Crippen molar-refractivity contribution in [1.29, 1.82) is 0 Å². The van der Waals surface area contributed by atoms with Gasteiger partial charge in [0.2, 0.25) is 11.8 Å². The summed E-state index contributed by atoms with van der Waals surface area (Å²) in [7, 11) is 0. The fourth-order valence-corrected chi connectivity index (χ4v) is 1.95. The van der Waals surface area contributed by atoms with Crippen molar-refractivity contribution in [3.05, 3.63) is 0 Å². The van der Waals surface area contributed by atoms with E-state index in [-0.39, 0.29) is 23.3 Å². The molecule has 0 aromatic rings. The number of carbonyl (C=O) groups is 2. The number of hydrogen-bond donors (Lipinski definition) is 2. The molecule has 1 rings (SSSR count). The number of hydrogen-bond acceptors (Lipinski definition) is 3. The smallest absolute Gasteiger partial charge is 0.245 e. The standard InChI is InChI=1S/C12H23N3O2/c1-4-15(8-12(2,3)7-13)11(17)9-5-6-10(16)14-9/h9H,4-8,13H2,1-3H3,(H,14,16)/t9-/m1/s1. The molecule has 0 aliphatic carbocycles. The lowest BCUT2D eigenvalue weighted by molar-refractivity contribution is -0.135. The fraction of sp³-hybridized carbons (Fsp3) is 0.833. The summed E-state index contributed by atoms with van der Waals surface area (Å²) in [4.78, 5) is 25.1. The largest absolute Gasteiger partial charge is 0.344 e. The molecule has 0 spiro atoms. The average molecular weight is 241 g/mol. The first-order valence-corrected chi connectivity index (χ1v) is 6.18. The van der Waals surface area contributed by atoms with E-state index < -0.39 is 0 Å². The molecule has 1 heterocycles. The van der Waals surface area contributed by atoms with Crippen LogP contribution in [0.15, 0.2) is 0 Å². The third-order valence-corrected chi connectivity index (χ3v) is 3.16. The second kappa shape index (κ2) is 5.49. The van der Waals surface area contributed by atoms with Crippen LogP contribution in [0.1, 0.15) is 33.6 Å². The topological polar surface area (TPSA) is 75.4 Å². The van der Waals surface area contributed by atoms with E-state index in [1.165, 1.54) is 0 Å². The van der Waals surface area contributed by atoms with Gasteiger partial charge in [-0.2, -0.15) is 0 Å². The van der Waals surface area contributed by atoms with Crippen LogP contribution in [0.2, 0.25) is 0 Å². The van der Waals surface area contributed by atoms with Gasteiger partial charge in [0.15, 0.2) is 0 Å². The first-order valence-electron chi connectivity index (χ1n) is 6.18. The van der Waals surface area contributed by atoms with E-state index in [2.05, 4.69) is 5.32 Å². The molecule has 0 bridgehead atoms. The Bertz CT molecular complexity index is 302. The minimum absolute atomic E-state index is 0.0138. The van der Waals surface area contributed by atoms with Gasteiger partial charge in [0.1, 0.15) is 6.04 Å². The molecule has 0 unspecified atom stereocenters. The molecule has 1 saturated heterocycles. The maximum absolute atomic E-state index is 12.2. The van der Waals surface area contributed by atoms with Crippen molar-refractivity contribution in [2.45, 2.75) is 39.7 Å². The van der Waals surface area contributed by atoms with Gasteiger partial charge in [-0.05, 0) is 25.3 Å². The summed E-state index contributed by atoms with van der Waals surface area (Å²) in [6.07, 6.45) is 1.06. The third kappa shape index (κ3) is 3.70. The van der Waals surface area contributed by atoms with E-state index in [9.17, 15) is 9.59 Å². The van der Waals surface area contributed by atoms with E-state index in [1.807, 2.05) is 20.8 Å². The number of carbonyl (C=O) groups excluding carboxylic acids is 2. The van der Waals surface area contributed by atoms with Crippen molar-refractivity contribution in [1.82, 2.24) is 10.2 Å². The molecular weight excluding hydrogens is 218 g/mol. The summed E-state index contributed by atoms with van der Waals surface area (Å²) < 4.78 is 0. The van der Waals surface area contributed by atoms with E-state index in [1.54, 1.807) is 4.90 Å². The van der Waals surface area contributed by atoms with E-state index in [0.717, 1.165) is 0 Å². The van der Waals surface area contributed by atoms with Gasteiger partial charge < -0.3 is 16.0 Å². The molecule has 1 aliphatic heterocycles. The van der Waals surface area contributed by atoms with Crippen molar-refractivity contribution in [3.8, 4) is 0 Å². The Morgan fingerprint density at radius 1 is 1.59 bits per heavy atom. The summed E-state index contributed by atoms with van der Waals surface area (Å²) in [5.41, 5.74) is 5.59. The number of likely N-dealkylation sites (N-methyl/N-ethyl adjacent to an activating group) is 1. The van der Waals surface area contributed by atoms with Crippen LogP contribution in [0.3, 0.4) is 0 Å². The monoisotopic (exact) mass is 241 g/mol. The zero-order chi connectivity index (χ0) is 13.1. The lowest BCUT2D eigenvalue weighted by atomic mass is 9.93. The van der Waals surface area contributed by atoms with Crippen LogP contribution in [0, 0.1) is 5.41 Å². The molecule has 2 amide bonds. The van der Waals surface area contributed by atoms with Crippen molar-refractivity contribution in [3.63, 3.8) is 0 Å². The van der Waals surface area contributed by atoms with Crippen LogP contribution < -0.4 is 11.1 Å². The molecule has 0 saturated carbocycles. The molecule has 17 heavy (non-hydrogen) atoms. The summed E-state index contributed by atoms with van der Waals surface area (Å²) >= 11 is 0. The van der Waals surface area contributed by atoms with Crippen LogP contribution in [-0.2, 0) is 9.59 Å². The van der Waals surface area contributed by atoms with Gasteiger partial charge in [-0.15, -0.1) is 0 Å². The van der Waals surface area contributed by atoms with E-state index >= 15 is 0 Å². The first kappa shape index (κ1) is 14.0. The predicted octanol–water partition coefficient (Wildman–Crippen LogP) is 0.0984. The van der Waals surface area contributed by atoms with Crippen molar-refractivity contribution in [2.75, 3.05) is 19.6 Å². The Labute approximate surface area is 103 Å². The van der Waals surface area contributed by atoms with Crippen LogP contribution in [0.4, 0.5) is 0 Å². The number of nitrogens with zero attached hydrogens (tertiary/aromatic N) is 1. The summed E-state index contributed by atoms with van der Waals surface area (Å²) in [5.74, 6) is -0.0163. The molecule has 5 nitrogen and oxygen atoms in total. The van der Waals surface area contributed by atoms with E-state index in [0.29, 0.717) is 32.5 Å². The Hall–Kier alpha value is -1.10. The normalized spacial score (nSPS) is 20.2. The van der Waals surface area contributed by atoms with Gasteiger partial charge in [0.05, 0.1) is 0 Å². The van der Waals surface area contributed by atoms with Crippen molar-refractivity contribution < 1.29 is 9.59 Å². The highest BCUT2D eigenvalue weighted by atomic mass is 16.2. The van der Waals surface area contributed by atoms with Crippen LogP contribution >= 0.6 is 0 Å². The molecule has 0 radical (unpaired) electrons. The molecule has 5 heteroatoms. The lowest BCUT2D eigenvalue weighted by Crippen LogP contribution is -2.48. The second-order valence-corrected chi connectivity index (χ2v) is 5.38. The fourth-order valence-electron chi connectivity index (χ4n) is 1.95. The zero-order valence-corrected chi connectivity index (χ0v) is 11.0. The zero-order valence-electron chi connectivity index (χ0n) is 11.0. The Morgan fingerprint density at radius 2 is 2.24 bits per heavy atom. The summed E-state index contributed by atoms with van der Waals surface area (Å²) in [6, 6.07) is -0.337. The van der Waals surface area contributed by atoms with Crippen LogP contribution in [0.5, 0.6) is 0 Å². The van der Waals surface area contributed by atoms with Gasteiger partial charge >= 0.3 is 0 Å². The van der Waals surface area contributed by atoms with Gasteiger partial charge in [0, 0.05) is 19.5 Å². The lowest BCUT2D eigenvalue weighted by Gasteiger charge is -2.32. The Balaban J connectivity index is 2.61. The Kier molecular flexibility index (Phi) is 4.51. The molecule has 1 fully saturated rings. The molecule has 1 atom stereocenters. The van der Waals surface area contributed by atoms with Gasteiger partial charge in [-0.25, -0.2) is 0 Å². The van der Waals surface area contributed by atoms with Crippen LogP contribution in [-0.4, -0.2) is 42.4 Å². The highest BCUT2D eigenvalue weighted by Crippen LogP contribution is 2.17. The van der Waals surface area contributed by atoms with Gasteiger partial charge in [0.25, 0.3) is 0 Å². The maximum Gasteiger partial charge on any atom is 0.245 e. The van der Waals surface area contributed by atoms with E-state index in [4.69, 9.17) is 5.73 Å². The number of rotatable bonds is 5.